The first-order valence-electron chi connectivity index (χ1n) is 8.69. The molecule has 4 rings (SSSR count). The molecule has 0 saturated carbocycles. The maximum absolute atomic E-state index is 12.3. The van der Waals surface area contributed by atoms with E-state index in [1.807, 2.05) is 37.3 Å². The van der Waals surface area contributed by atoms with Crippen LogP contribution in [0.5, 0.6) is 0 Å². The van der Waals surface area contributed by atoms with Gasteiger partial charge in [-0.1, -0.05) is 60.4 Å². The van der Waals surface area contributed by atoms with Crippen LogP contribution in [0, 0.1) is 0 Å². The van der Waals surface area contributed by atoms with Crippen molar-refractivity contribution in [1.29, 1.82) is 0 Å². The van der Waals surface area contributed by atoms with E-state index in [-0.39, 0.29) is 5.56 Å². The van der Waals surface area contributed by atoms with Gasteiger partial charge in [-0.05, 0) is 13.3 Å². The number of benzene rings is 1. The minimum Gasteiger partial charge on any atom is -0.302 e. The Bertz CT molecular complexity index is 1130. The van der Waals surface area contributed by atoms with Crippen molar-refractivity contribution in [3.8, 4) is 11.4 Å². The van der Waals surface area contributed by atoms with Crippen molar-refractivity contribution < 1.29 is 0 Å². The molecule has 0 aliphatic rings. The standard InChI is InChI=1S/C18H18N6OS2/c1-3-14-22-24-15(25)10-13(19-17(24)27-14)11-26-18-21-20-16(23(18)4-2)12-8-6-5-7-9-12/h5-10H,3-4,11H2,1-2H3. The second-order valence-electron chi connectivity index (χ2n) is 5.83. The molecule has 0 amide bonds. The quantitative estimate of drug-likeness (QED) is 0.464. The van der Waals surface area contributed by atoms with E-state index in [1.54, 1.807) is 6.07 Å². The number of fused-ring (bicyclic) bond motifs is 1. The molecule has 0 atom stereocenters. The van der Waals surface area contributed by atoms with E-state index in [2.05, 4.69) is 31.8 Å². The topological polar surface area (TPSA) is 78.0 Å². The summed E-state index contributed by atoms with van der Waals surface area (Å²) in [7, 11) is 0. The molecule has 0 N–H and O–H groups in total. The van der Waals surface area contributed by atoms with Crippen LogP contribution in [0.15, 0.2) is 46.3 Å². The Hall–Kier alpha value is -2.52. The third kappa shape index (κ3) is 3.52. The molecular formula is C18H18N6OS2. The zero-order valence-electron chi connectivity index (χ0n) is 15.0. The SMILES string of the molecule is CCc1nn2c(=O)cc(CSc3nnc(-c4ccccc4)n3CC)nc2s1. The summed E-state index contributed by atoms with van der Waals surface area (Å²) in [4.78, 5) is 17.5. The van der Waals surface area contributed by atoms with Crippen LogP contribution in [0.4, 0.5) is 0 Å². The van der Waals surface area contributed by atoms with Crippen molar-refractivity contribution in [3.05, 3.63) is 57.5 Å². The van der Waals surface area contributed by atoms with Crippen LogP contribution in [0.2, 0.25) is 0 Å². The van der Waals surface area contributed by atoms with Gasteiger partial charge in [0.25, 0.3) is 5.56 Å². The van der Waals surface area contributed by atoms with Gasteiger partial charge in [0, 0.05) is 23.9 Å². The molecule has 0 aliphatic carbocycles. The van der Waals surface area contributed by atoms with Gasteiger partial charge in [-0.15, -0.1) is 10.2 Å². The van der Waals surface area contributed by atoms with Crippen molar-refractivity contribution in [2.45, 2.75) is 37.7 Å². The molecule has 0 spiro atoms. The second-order valence-corrected chi connectivity index (χ2v) is 7.82. The molecule has 1 aromatic carbocycles. The summed E-state index contributed by atoms with van der Waals surface area (Å²) >= 11 is 2.99. The molecular weight excluding hydrogens is 380 g/mol. The Kier molecular flexibility index (Phi) is 5.04. The average molecular weight is 399 g/mol. The monoisotopic (exact) mass is 398 g/mol. The van der Waals surface area contributed by atoms with E-state index in [0.29, 0.717) is 10.7 Å². The third-order valence-corrected chi connectivity index (χ3v) is 6.11. The van der Waals surface area contributed by atoms with Crippen molar-refractivity contribution in [2.75, 3.05) is 0 Å². The third-order valence-electron chi connectivity index (χ3n) is 4.06. The van der Waals surface area contributed by atoms with Gasteiger partial charge in [0.05, 0.1) is 5.69 Å². The number of rotatable bonds is 6. The molecule has 0 saturated heterocycles. The lowest BCUT2D eigenvalue weighted by molar-refractivity contribution is 0.687. The molecule has 3 aromatic heterocycles. The molecule has 0 unspecified atom stereocenters. The highest BCUT2D eigenvalue weighted by atomic mass is 32.2. The number of hydrogen-bond acceptors (Lipinski definition) is 7. The lowest BCUT2D eigenvalue weighted by Crippen LogP contribution is -2.15. The van der Waals surface area contributed by atoms with Gasteiger partial charge in [0.15, 0.2) is 11.0 Å². The molecule has 0 radical (unpaired) electrons. The van der Waals surface area contributed by atoms with E-state index >= 15 is 0 Å². The second kappa shape index (κ2) is 7.61. The molecule has 3 heterocycles. The summed E-state index contributed by atoms with van der Waals surface area (Å²) in [5.74, 6) is 1.40. The molecule has 7 nitrogen and oxygen atoms in total. The fraction of sp³-hybridized carbons (Fsp3) is 0.278. The van der Waals surface area contributed by atoms with Crippen LogP contribution in [-0.4, -0.2) is 29.4 Å². The highest BCUT2D eigenvalue weighted by Gasteiger charge is 2.14. The smallest absolute Gasteiger partial charge is 0.275 e. The maximum atomic E-state index is 12.3. The number of aryl methyl sites for hydroxylation is 1. The van der Waals surface area contributed by atoms with Crippen LogP contribution in [0.3, 0.4) is 0 Å². The van der Waals surface area contributed by atoms with E-state index in [1.165, 1.54) is 27.6 Å². The Morgan fingerprint density at radius 2 is 1.96 bits per heavy atom. The Morgan fingerprint density at radius 3 is 2.70 bits per heavy atom. The molecule has 0 bridgehead atoms. The molecule has 0 aliphatic heterocycles. The first kappa shape index (κ1) is 17.9. The largest absolute Gasteiger partial charge is 0.302 e. The summed E-state index contributed by atoms with van der Waals surface area (Å²) in [5.41, 5.74) is 1.62. The van der Waals surface area contributed by atoms with Gasteiger partial charge in [-0.2, -0.15) is 9.61 Å². The van der Waals surface area contributed by atoms with Crippen molar-refractivity contribution >= 4 is 28.1 Å². The fourth-order valence-electron chi connectivity index (χ4n) is 2.73. The van der Waals surface area contributed by atoms with Gasteiger partial charge in [-0.25, -0.2) is 4.98 Å². The van der Waals surface area contributed by atoms with Gasteiger partial charge in [-0.3, -0.25) is 4.79 Å². The normalized spacial score (nSPS) is 11.3. The highest BCUT2D eigenvalue weighted by Crippen LogP contribution is 2.26. The van der Waals surface area contributed by atoms with E-state index < -0.39 is 0 Å². The van der Waals surface area contributed by atoms with E-state index in [4.69, 9.17) is 0 Å². The molecule has 27 heavy (non-hydrogen) atoms. The molecule has 138 valence electrons. The zero-order valence-corrected chi connectivity index (χ0v) is 16.6. The lowest BCUT2D eigenvalue weighted by atomic mass is 10.2. The summed E-state index contributed by atoms with van der Waals surface area (Å²) in [6.07, 6.45) is 0.791. The average Bonchev–Trinajstić information content (AvgIpc) is 3.30. The fourth-order valence-corrected chi connectivity index (χ4v) is 4.49. The maximum Gasteiger partial charge on any atom is 0.275 e. The summed E-state index contributed by atoms with van der Waals surface area (Å²) < 4.78 is 3.45. The predicted molar refractivity (Wildman–Crippen MR) is 107 cm³/mol. The minimum absolute atomic E-state index is 0.145. The molecule has 9 heteroatoms. The lowest BCUT2D eigenvalue weighted by Gasteiger charge is -2.07. The Balaban J connectivity index is 1.60. The number of hydrogen-bond donors (Lipinski definition) is 0. The number of nitrogens with zero attached hydrogens (tertiary/aromatic N) is 6. The van der Waals surface area contributed by atoms with E-state index in [0.717, 1.165) is 40.2 Å². The van der Waals surface area contributed by atoms with Crippen molar-refractivity contribution in [1.82, 2.24) is 29.4 Å². The minimum atomic E-state index is -0.145. The summed E-state index contributed by atoms with van der Waals surface area (Å²) in [6, 6.07) is 11.6. The van der Waals surface area contributed by atoms with Crippen molar-refractivity contribution in [3.63, 3.8) is 0 Å². The first-order valence-corrected chi connectivity index (χ1v) is 10.5. The van der Waals surface area contributed by atoms with Gasteiger partial charge < -0.3 is 4.57 Å². The van der Waals surface area contributed by atoms with Crippen LogP contribution in [-0.2, 0) is 18.7 Å². The molecule has 0 fully saturated rings. The van der Waals surface area contributed by atoms with Crippen LogP contribution in [0.1, 0.15) is 24.5 Å². The number of thioether (sulfide) groups is 1. The van der Waals surface area contributed by atoms with Crippen LogP contribution >= 0.6 is 23.1 Å². The van der Waals surface area contributed by atoms with Crippen molar-refractivity contribution in [2.24, 2.45) is 0 Å². The van der Waals surface area contributed by atoms with Crippen LogP contribution in [0.25, 0.3) is 16.3 Å². The first-order chi connectivity index (χ1) is 13.2. The number of aromatic nitrogens is 6. The van der Waals surface area contributed by atoms with Gasteiger partial charge in [0.2, 0.25) is 4.96 Å². The summed E-state index contributed by atoms with van der Waals surface area (Å²) in [5, 5.41) is 14.7. The van der Waals surface area contributed by atoms with Gasteiger partial charge >= 0.3 is 0 Å². The van der Waals surface area contributed by atoms with Gasteiger partial charge in [0.1, 0.15) is 5.01 Å². The summed E-state index contributed by atoms with van der Waals surface area (Å²) in [6.45, 7) is 4.85. The highest BCUT2D eigenvalue weighted by molar-refractivity contribution is 7.98. The Morgan fingerprint density at radius 1 is 1.15 bits per heavy atom. The predicted octanol–water partition coefficient (Wildman–Crippen LogP) is 3.28. The van der Waals surface area contributed by atoms with Crippen LogP contribution < -0.4 is 5.56 Å². The van der Waals surface area contributed by atoms with E-state index in [9.17, 15) is 4.79 Å². The molecule has 4 aromatic rings. The Labute approximate surface area is 164 Å². The zero-order chi connectivity index (χ0) is 18.8.